The summed E-state index contributed by atoms with van der Waals surface area (Å²) < 4.78 is 27.3. The van der Waals surface area contributed by atoms with Crippen LogP contribution in [0.1, 0.15) is 34.6 Å². The van der Waals surface area contributed by atoms with Gasteiger partial charge in [0.25, 0.3) is 0 Å². The van der Waals surface area contributed by atoms with Crippen molar-refractivity contribution in [3.05, 3.63) is 70.3 Å². The highest BCUT2D eigenvalue weighted by atomic mass is 19.2. The third-order valence-corrected chi connectivity index (χ3v) is 3.72. The molecule has 0 unspecified atom stereocenters. The molecule has 0 radical (unpaired) electrons. The average molecular weight is 244 g/mol. The molecule has 0 bridgehead atoms. The Morgan fingerprint density at radius 3 is 2.72 bits per heavy atom. The van der Waals surface area contributed by atoms with Gasteiger partial charge in [0.2, 0.25) is 0 Å². The predicted octanol–water partition coefficient (Wildman–Crippen LogP) is 4.35. The molecule has 3 rings (SSSR count). The van der Waals surface area contributed by atoms with E-state index in [4.69, 9.17) is 0 Å². The number of aryl methyl sites for hydroxylation is 2. The molecule has 2 aromatic rings. The minimum Gasteiger partial charge on any atom is -0.204 e. The number of fused-ring (bicyclic) bond motifs is 1. The maximum absolute atomic E-state index is 14.0. The summed E-state index contributed by atoms with van der Waals surface area (Å²) in [7, 11) is 0. The minimum atomic E-state index is -0.742. The van der Waals surface area contributed by atoms with Crippen molar-refractivity contribution in [3.8, 4) is 0 Å². The van der Waals surface area contributed by atoms with E-state index in [-0.39, 0.29) is 5.92 Å². The van der Waals surface area contributed by atoms with Gasteiger partial charge >= 0.3 is 0 Å². The van der Waals surface area contributed by atoms with E-state index in [1.807, 2.05) is 25.1 Å². The van der Waals surface area contributed by atoms with E-state index in [0.717, 1.165) is 29.5 Å². The maximum Gasteiger partial charge on any atom is 0.162 e. The van der Waals surface area contributed by atoms with E-state index in [1.165, 1.54) is 6.07 Å². The first-order chi connectivity index (χ1) is 8.66. The van der Waals surface area contributed by atoms with E-state index < -0.39 is 11.6 Å². The summed E-state index contributed by atoms with van der Waals surface area (Å²) in [5, 5.41) is 0. The first-order valence-electron chi connectivity index (χ1n) is 6.20. The molecule has 0 amide bonds. The predicted molar refractivity (Wildman–Crippen MR) is 67.7 cm³/mol. The SMILES string of the molecule is Cc1cccc([C@@H]2CCc3ccc(F)c(F)c32)c1. The van der Waals surface area contributed by atoms with Crippen molar-refractivity contribution >= 4 is 0 Å². The second-order valence-corrected chi connectivity index (χ2v) is 4.94. The molecular weight excluding hydrogens is 230 g/mol. The van der Waals surface area contributed by atoms with Crippen LogP contribution in [0.3, 0.4) is 0 Å². The molecule has 1 aliphatic rings. The summed E-state index contributed by atoms with van der Waals surface area (Å²) in [6, 6.07) is 11.0. The van der Waals surface area contributed by atoms with Crippen LogP contribution in [0.15, 0.2) is 36.4 Å². The van der Waals surface area contributed by atoms with Crippen molar-refractivity contribution in [1.82, 2.24) is 0 Å². The van der Waals surface area contributed by atoms with E-state index >= 15 is 0 Å². The lowest BCUT2D eigenvalue weighted by molar-refractivity contribution is 0.496. The van der Waals surface area contributed by atoms with E-state index in [9.17, 15) is 8.78 Å². The first kappa shape index (κ1) is 11.4. The molecular formula is C16H14F2. The fraction of sp³-hybridized carbons (Fsp3) is 0.250. The normalized spacial score (nSPS) is 17.8. The molecule has 1 aliphatic carbocycles. The van der Waals surface area contributed by atoms with Gasteiger partial charge in [0.05, 0.1) is 0 Å². The van der Waals surface area contributed by atoms with Crippen molar-refractivity contribution in [2.45, 2.75) is 25.7 Å². The Morgan fingerprint density at radius 2 is 1.94 bits per heavy atom. The van der Waals surface area contributed by atoms with E-state index in [2.05, 4.69) is 6.07 Å². The van der Waals surface area contributed by atoms with E-state index in [1.54, 1.807) is 6.07 Å². The van der Waals surface area contributed by atoms with Crippen LogP contribution in [0.5, 0.6) is 0 Å². The lowest BCUT2D eigenvalue weighted by atomic mass is 9.91. The number of hydrogen-bond acceptors (Lipinski definition) is 0. The second-order valence-electron chi connectivity index (χ2n) is 4.94. The van der Waals surface area contributed by atoms with Crippen LogP contribution in [0.4, 0.5) is 8.78 Å². The van der Waals surface area contributed by atoms with Crippen LogP contribution in [0, 0.1) is 18.6 Å². The van der Waals surface area contributed by atoms with Gasteiger partial charge in [-0.25, -0.2) is 8.78 Å². The first-order valence-corrected chi connectivity index (χ1v) is 6.20. The van der Waals surface area contributed by atoms with Gasteiger partial charge < -0.3 is 0 Å². The second kappa shape index (κ2) is 4.20. The Balaban J connectivity index is 2.12. The lowest BCUT2D eigenvalue weighted by Gasteiger charge is -2.14. The van der Waals surface area contributed by atoms with Crippen molar-refractivity contribution in [3.63, 3.8) is 0 Å². The molecule has 0 nitrogen and oxygen atoms in total. The van der Waals surface area contributed by atoms with Gasteiger partial charge in [0.15, 0.2) is 11.6 Å². The molecule has 0 saturated carbocycles. The van der Waals surface area contributed by atoms with Gasteiger partial charge in [-0.3, -0.25) is 0 Å². The van der Waals surface area contributed by atoms with Gasteiger partial charge in [0, 0.05) is 11.5 Å². The zero-order valence-corrected chi connectivity index (χ0v) is 10.2. The Labute approximate surface area is 105 Å². The fourth-order valence-electron chi connectivity index (χ4n) is 2.87. The molecule has 0 saturated heterocycles. The van der Waals surface area contributed by atoms with Crippen LogP contribution in [-0.4, -0.2) is 0 Å². The summed E-state index contributed by atoms with van der Waals surface area (Å²) >= 11 is 0. The Bertz CT molecular complexity index is 602. The topological polar surface area (TPSA) is 0 Å². The monoisotopic (exact) mass is 244 g/mol. The van der Waals surface area contributed by atoms with Crippen LogP contribution >= 0.6 is 0 Å². The molecule has 0 aliphatic heterocycles. The van der Waals surface area contributed by atoms with Gasteiger partial charge in [-0.2, -0.15) is 0 Å². The summed E-state index contributed by atoms with van der Waals surface area (Å²) in [6.45, 7) is 2.02. The number of benzene rings is 2. The van der Waals surface area contributed by atoms with Gasteiger partial charge in [-0.1, -0.05) is 35.9 Å². The highest BCUT2D eigenvalue weighted by Crippen LogP contribution is 2.40. The minimum absolute atomic E-state index is 0.00407. The van der Waals surface area contributed by atoms with Crippen molar-refractivity contribution < 1.29 is 8.78 Å². The molecule has 0 spiro atoms. The molecule has 2 aromatic carbocycles. The van der Waals surface area contributed by atoms with Crippen LogP contribution in [-0.2, 0) is 6.42 Å². The Hall–Kier alpha value is -1.70. The Morgan fingerprint density at radius 1 is 1.11 bits per heavy atom. The molecule has 18 heavy (non-hydrogen) atoms. The number of halogens is 2. The van der Waals surface area contributed by atoms with Crippen molar-refractivity contribution in [1.29, 1.82) is 0 Å². The molecule has 92 valence electrons. The highest BCUT2D eigenvalue weighted by molar-refractivity contribution is 5.44. The third-order valence-electron chi connectivity index (χ3n) is 3.72. The summed E-state index contributed by atoms with van der Waals surface area (Å²) in [5.41, 5.74) is 3.73. The smallest absolute Gasteiger partial charge is 0.162 e. The van der Waals surface area contributed by atoms with Gasteiger partial charge in [0.1, 0.15) is 0 Å². The van der Waals surface area contributed by atoms with Crippen molar-refractivity contribution in [2.24, 2.45) is 0 Å². The van der Waals surface area contributed by atoms with Crippen LogP contribution < -0.4 is 0 Å². The van der Waals surface area contributed by atoms with Crippen molar-refractivity contribution in [2.75, 3.05) is 0 Å². The summed E-state index contributed by atoms with van der Waals surface area (Å²) in [5.74, 6) is -1.42. The zero-order chi connectivity index (χ0) is 12.7. The fourth-order valence-corrected chi connectivity index (χ4v) is 2.87. The van der Waals surface area contributed by atoms with Gasteiger partial charge in [-0.15, -0.1) is 0 Å². The largest absolute Gasteiger partial charge is 0.204 e. The number of hydrogen-bond donors (Lipinski definition) is 0. The maximum atomic E-state index is 14.0. The molecule has 0 aromatic heterocycles. The average Bonchev–Trinajstić information content (AvgIpc) is 2.78. The molecule has 0 N–H and O–H groups in total. The lowest BCUT2D eigenvalue weighted by Crippen LogP contribution is -2.01. The van der Waals surface area contributed by atoms with Crippen LogP contribution in [0.2, 0.25) is 0 Å². The summed E-state index contributed by atoms with van der Waals surface area (Å²) in [6.07, 6.45) is 1.68. The summed E-state index contributed by atoms with van der Waals surface area (Å²) in [4.78, 5) is 0. The third kappa shape index (κ3) is 1.72. The highest BCUT2D eigenvalue weighted by Gasteiger charge is 2.28. The van der Waals surface area contributed by atoms with Crippen LogP contribution in [0.25, 0.3) is 0 Å². The quantitative estimate of drug-likeness (QED) is 0.699. The zero-order valence-electron chi connectivity index (χ0n) is 10.2. The Kier molecular flexibility index (Phi) is 2.66. The molecule has 2 heteroatoms. The number of rotatable bonds is 1. The molecule has 0 heterocycles. The molecule has 0 fully saturated rings. The standard InChI is InChI=1S/C16H14F2/c1-10-3-2-4-12(9-10)13-7-5-11-6-8-14(17)16(18)15(11)13/h2-4,6,8-9,13H,5,7H2,1H3/t13-/m0/s1. The van der Waals surface area contributed by atoms with Gasteiger partial charge in [-0.05, 0) is 37.0 Å². The molecule has 1 atom stereocenters. The van der Waals surface area contributed by atoms with E-state index in [0.29, 0.717) is 5.56 Å².